The highest BCUT2D eigenvalue weighted by molar-refractivity contribution is 8.26. The van der Waals surface area contributed by atoms with Crippen LogP contribution in [0, 0.1) is 13.8 Å². The maximum atomic E-state index is 13.1. The average Bonchev–Trinajstić information content (AvgIpc) is 3.28. The van der Waals surface area contributed by atoms with Gasteiger partial charge in [0.15, 0.2) is 5.76 Å². The van der Waals surface area contributed by atoms with Crippen molar-refractivity contribution >= 4 is 46.3 Å². The van der Waals surface area contributed by atoms with Gasteiger partial charge >= 0.3 is 12.1 Å². The lowest BCUT2D eigenvalue weighted by molar-refractivity contribution is -0.145. The zero-order valence-electron chi connectivity index (χ0n) is 17.7. The Hall–Kier alpha value is -2.73. The third kappa shape index (κ3) is 5.99. The Bertz CT molecular complexity index is 1130. The summed E-state index contributed by atoms with van der Waals surface area (Å²) in [5.41, 5.74) is 0.677. The number of furan rings is 1. The Labute approximate surface area is 197 Å². The number of carbonyl (C=O) groups is 2. The number of aryl methyl sites for hydroxylation is 1. The molecule has 0 aromatic carbocycles. The van der Waals surface area contributed by atoms with Gasteiger partial charge in [0.25, 0.3) is 5.91 Å². The molecule has 1 N–H and O–H groups in total. The molecule has 0 saturated carbocycles. The van der Waals surface area contributed by atoms with Crippen molar-refractivity contribution in [2.45, 2.75) is 45.7 Å². The summed E-state index contributed by atoms with van der Waals surface area (Å²) in [7, 11) is 0. The number of halogens is 3. The molecule has 7 nitrogen and oxygen atoms in total. The summed E-state index contributed by atoms with van der Waals surface area (Å²) in [4.78, 5) is 32.2. The third-order valence-electron chi connectivity index (χ3n) is 4.92. The Morgan fingerprint density at radius 1 is 1.24 bits per heavy atom. The van der Waals surface area contributed by atoms with E-state index < -0.39 is 18.0 Å². The third-order valence-corrected chi connectivity index (χ3v) is 6.30. The molecule has 0 bridgehead atoms. The first-order valence-electron chi connectivity index (χ1n) is 9.97. The predicted molar refractivity (Wildman–Crippen MR) is 120 cm³/mol. The van der Waals surface area contributed by atoms with Crippen LogP contribution < -0.4 is 0 Å². The van der Waals surface area contributed by atoms with Gasteiger partial charge in [0.2, 0.25) is 5.82 Å². The number of hydrogen-bond donors (Lipinski definition) is 1. The van der Waals surface area contributed by atoms with E-state index in [0.717, 1.165) is 11.8 Å². The van der Waals surface area contributed by atoms with E-state index in [1.54, 1.807) is 6.92 Å². The summed E-state index contributed by atoms with van der Waals surface area (Å²) in [6.45, 7) is 3.45. The van der Waals surface area contributed by atoms with Crippen LogP contribution in [0.5, 0.6) is 0 Å². The Morgan fingerprint density at radius 2 is 1.97 bits per heavy atom. The summed E-state index contributed by atoms with van der Waals surface area (Å²) in [6.07, 6.45) is -1.33. The van der Waals surface area contributed by atoms with Gasteiger partial charge in [-0.05, 0) is 44.4 Å². The van der Waals surface area contributed by atoms with Crippen LogP contribution in [-0.4, -0.2) is 42.7 Å². The molecule has 1 aliphatic rings. The molecule has 0 aliphatic carbocycles. The summed E-state index contributed by atoms with van der Waals surface area (Å²) >= 11 is 6.37. The van der Waals surface area contributed by atoms with Crippen LogP contribution in [0.1, 0.15) is 48.5 Å². The second-order valence-corrected chi connectivity index (χ2v) is 9.02. The fourth-order valence-electron chi connectivity index (χ4n) is 3.10. The van der Waals surface area contributed by atoms with E-state index in [0.29, 0.717) is 40.6 Å². The van der Waals surface area contributed by atoms with Gasteiger partial charge in [-0.2, -0.15) is 13.2 Å². The SMILES string of the molecule is Cc1nc(C(F)(F)F)nc(-c2ccc(/C=C3\SC(=S)N(CCCCCC(=O)O)C3=O)o2)c1C. The molecule has 2 aromatic rings. The van der Waals surface area contributed by atoms with Crippen molar-refractivity contribution in [3.63, 3.8) is 0 Å². The maximum absolute atomic E-state index is 13.1. The van der Waals surface area contributed by atoms with Gasteiger partial charge in [0.1, 0.15) is 15.8 Å². The van der Waals surface area contributed by atoms with E-state index >= 15 is 0 Å². The lowest BCUT2D eigenvalue weighted by atomic mass is 10.1. The van der Waals surface area contributed by atoms with Crippen molar-refractivity contribution in [3.05, 3.63) is 39.9 Å². The summed E-state index contributed by atoms with van der Waals surface area (Å²) in [5.74, 6) is -2.00. The van der Waals surface area contributed by atoms with Crippen molar-refractivity contribution in [3.8, 4) is 11.5 Å². The molecular weight excluding hydrogens is 479 g/mol. The molecule has 3 heterocycles. The number of thiocarbonyl (C=S) groups is 1. The number of carboxylic acids is 1. The fraction of sp³-hybridized carbons (Fsp3) is 0.381. The number of unbranched alkanes of at least 4 members (excludes halogenated alkanes) is 2. The number of hydrogen-bond acceptors (Lipinski definition) is 7. The highest BCUT2D eigenvalue weighted by atomic mass is 32.2. The van der Waals surface area contributed by atoms with Gasteiger partial charge in [0, 0.05) is 24.7 Å². The predicted octanol–water partition coefficient (Wildman–Crippen LogP) is 5.22. The first kappa shape index (κ1) is 24.9. The van der Waals surface area contributed by atoms with Gasteiger partial charge in [-0.25, -0.2) is 9.97 Å². The van der Waals surface area contributed by atoms with E-state index in [9.17, 15) is 22.8 Å². The number of thioether (sulfide) groups is 1. The molecule has 12 heteroatoms. The fourth-order valence-corrected chi connectivity index (χ4v) is 4.39. The molecule has 33 heavy (non-hydrogen) atoms. The number of carbonyl (C=O) groups excluding carboxylic acids is 1. The summed E-state index contributed by atoms with van der Waals surface area (Å²) in [6, 6.07) is 3.03. The Balaban J connectivity index is 1.75. The van der Waals surface area contributed by atoms with Crippen LogP contribution in [0.25, 0.3) is 17.5 Å². The first-order chi connectivity index (χ1) is 15.5. The molecule has 0 spiro atoms. The molecule has 0 radical (unpaired) electrons. The number of amides is 1. The van der Waals surface area contributed by atoms with Crippen LogP contribution in [0.15, 0.2) is 21.5 Å². The molecule has 176 valence electrons. The van der Waals surface area contributed by atoms with Crippen molar-refractivity contribution in [1.29, 1.82) is 0 Å². The maximum Gasteiger partial charge on any atom is 0.451 e. The molecule has 1 fully saturated rings. The van der Waals surface area contributed by atoms with Gasteiger partial charge in [-0.15, -0.1) is 0 Å². The molecule has 3 rings (SSSR count). The Kier molecular flexibility index (Phi) is 7.58. The van der Waals surface area contributed by atoms with Crippen LogP contribution in [0.2, 0.25) is 0 Å². The average molecular weight is 500 g/mol. The summed E-state index contributed by atoms with van der Waals surface area (Å²) < 4.78 is 45.4. The molecule has 1 amide bonds. The molecule has 1 aliphatic heterocycles. The van der Waals surface area contributed by atoms with Crippen molar-refractivity contribution in [1.82, 2.24) is 14.9 Å². The number of alkyl halides is 3. The minimum Gasteiger partial charge on any atom is -0.481 e. The molecule has 1 saturated heterocycles. The first-order valence-corrected chi connectivity index (χ1v) is 11.2. The van der Waals surface area contributed by atoms with Crippen LogP contribution >= 0.6 is 24.0 Å². The van der Waals surface area contributed by atoms with E-state index in [4.69, 9.17) is 21.7 Å². The lowest BCUT2D eigenvalue weighted by Crippen LogP contribution is -2.29. The number of carboxylic acid groups (broad SMARTS) is 1. The Morgan fingerprint density at radius 3 is 2.64 bits per heavy atom. The zero-order valence-corrected chi connectivity index (χ0v) is 19.4. The molecule has 0 atom stereocenters. The van der Waals surface area contributed by atoms with Crippen LogP contribution in [0.4, 0.5) is 13.2 Å². The van der Waals surface area contributed by atoms with Gasteiger partial charge in [0.05, 0.1) is 4.91 Å². The highest BCUT2D eigenvalue weighted by Gasteiger charge is 2.36. The second kappa shape index (κ2) is 10.0. The molecular formula is C21H20F3N3O4S2. The lowest BCUT2D eigenvalue weighted by Gasteiger charge is -2.13. The normalized spacial score (nSPS) is 15.7. The number of rotatable bonds is 8. The zero-order chi connectivity index (χ0) is 24.3. The summed E-state index contributed by atoms with van der Waals surface area (Å²) in [5, 5.41) is 8.67. The van der Waals surface area contributed by atoms with E-state index in [1.807, 2.05) is 0 Å². The van der Waals surface area contributed by atoms with Crippen LogP contribution in [0.3, 0.4) is 0 Å². The quantitative estimate of drug-likeness (QED) is 0.300. The standard InChI is InChI=1S/C21H20F3N3O4S2/c1-11-12(2)25-19(21(22,23)24)26-17(11)14-8-7-13(31-14)10-15-18(30)27(20(32)33-15)9-5-3-4-6-16(28)29/h7-8,10H,3-6,9H2,1-2H3,(H,28,29)/b15-10-. The number of nitrogens with zero attached hydrogens (tertiary/aromatic N) is 3. The van der Waals surface area contributed by atoms with E-state index in [-0.39, 0.29) is 35.2 Å². The number of aromatic nitrogens is 2. The van der Waals surface area contributed by atoms with E-state index in [1.165, 1.54) is 30.0 Å². The molecule has 2 aromatic heterocycles. The van der Waals surface area contributed by atoms with Gasteiger partial charge in [-0.3, -0.25) is 14.5 Å². The van der Waals surface area contributed by atoms with E-state index in [2.05, 4.69) is 9.97 Å². The topological polar surface area (TPSA) is 96.5 Å². The monoisotopic (exact) mass is 499 g/mol. The van der Waals surface area contributed by atoms with Crippen LogP contribution in [-0.2, 0) is 15.8 Å². The van der Waals surface area contributed by atoms with Crippen molar-refractivity contribution in [2.24, 2.45) is 0 Å². The second-order valence-electron chi connectivity index (χ2n) is 7.34. The van der Waals surface area contributed by atoms with Gasteiger partial charge < -0.3 is 9.52 Å². The van der Waals surface area contributed by atoms with Gasteiger partial charge in [-0.1, -0.05) is 30.4 Å². The number of aliphatic carboxylic acids is 1. The highest BCUT2D eigenvalue weighted by Crippen LogP contribution is 2.35. The smallest absolute Gasteiger partial charge is 0.451 e. The largest absolute Gasteiger partial charge is 0.481 e. The minimum atomic E-state index is -4.69. The van der Waals surface area contributed by atoms with Crippen molar-refractivity contribution < 1.29 is 32.3 Å². The van der Waals surface area contributed by atoms with Crippen molar-refractivity contribution in [2.75, 3.05) is 6.54 Å². The molecule has 0 unspecified atom stereocenters. The minimum absolute atomic E-state index is 0.0309.